The van der Waals surface area contributed by atoms with Gasteiger partial charge in [-0.1, -0.05) is 13.0 Å². The molecular weight excluding hydrogens is 254 g/mol. The third-order valence-electron chi connectivity index (χ3n) is 2.90. The van der Waals surface area contributed by atoms with Crippen LogP contribution >= 0.6 is 0 Å². The van der Waals surface area contributed by atoms with Crippen LogP contribution in [-0.4, -0.2) is 26.7 Å². The molecule has 20 heavy (non-hydrogen) atoms. The molecule has 0 saturated heterocycles. The average Bonchev–Trinajstić information content (AvgIpc) is 2.96. The molecule has 3 aromatic rings. The smallest absolute Gasteiger partial charge is 0.250 e. The monoisotopic (exact) mass is 269 g/mol. The highest BCUT2D eigenvalue weighted by Gasteiger charge is 2.12. The first kappa shape index (κ1) is 12.7. The van der Waals surface area contributed by atoms with E-state index >= 15 is 0 Å². The van der Waals surface area contributed by atoms with E-state index in [-0.39, 0.29) is 0 Å². The molecule has 6 heteroatoms. The predicted octanol–water partition coefficient (Wildman–Crippen LogP) is 2.18. The van der Waals surface area contributed by atoms with Crippen LogP contribution in [0.1, 0.15) is 19.2 Å². The van der Waals surface area contributed by atoms with Crippen LogP contribution in [0, 0.1) is 0 Å². The van der Waals surface area contributed by atoms with Gasteiger partial charge >= 0.3 is 0 Å². The summed E-state index contributed by atoms with van der Waals surface area (Å²) in [5.41, 5.74) is 2.39. The number of benzene rings is 1. The second-order valence-corrected chi connectivity index (χ2v) is 4.41. The lowest BCUT2D eigenvalue weighted by Crippen LogP contribution is -2.13. The zero-order valence-electron chi connectivity index (χ0n) is 11.2. The summed E-state index contributed by atoms with van der Waals surface area (Å²) in [5.74, 6) is 1.05. The Morgan fingerprint density at radius 1 is 1.15 bits per heavy atom. The molecule has 1 aromatic carbocycles. The molecule has 0 spiro atoms. The molecule has 0 atom stereocenters. The lowest BCUT2D eigenvalue weighted by molar-refractivity contribution is 0.478. The Kier molecular flexibility index (Phi) is 3.64. The van der Waals surface area contributed by atoms with Gasteiger partial charge in [0.25, 0.3) is 0 Å². The number of hydrogen-bond donors (Lipinski definition) is 1. The van der Waals surface area contributed by atoms with Crippen molar-refractivity contribution >= 4 is 11.0 Å². The fraction of sp³-hybridized carbons (Fsp3) is 0.286. The summed E-state index contributed by atoms with van der Waals surface area (Å²) < 4.78 is 5.67. The van der Waals surface area contributed by atoms with Gasteiger partial charge in [0.15, 0.2) is 0 Å². The van der Waals surface area contributed by atoms with Crippen molar-refractivity contribution in [1.29, 1.82) is 0 Å². The first-order valence-electron chi connectivity index (χ1n) is 6.61. The molecule has 0 fully saturated rings. The summed E-state index contributed by atoms with van der Waals surface area (Å²) in [6, 6.07) is 5.73. The zero-order valence-corrected chi connectivity index (χ0v) is 11.2. The molecule has 0 amide bonds. The van der Waals surface area contributed by atoms with Crippen LogP contribution in [0.5, 0.6) is 0 Å². The molecule has 1 N–H and O–H groups in total. The molecule has 6 nitrogen and oxygen atoms in total. The maximum absolute atomic E-state index is 5.67. The van der Waals surface area contributed by atoms with Gasteiger partial charge in [0.05, 0.1) is 17.6 Å². The fourth-order valence-electron chi connectivity index (χ4n) is 1.97. The lowest BCUT2D eigenvalue weighted by Gasteiger charge is -2.00. The minimum absolute atomic E-state index is 0.476. The van der Waals surface area contributed by atoms with Crippen LogP contribution in [0.25, 0.3) is 22.5 Å². The minimum Gasteiger partial charge on any atom is -0.419 e. The van der Waals surface area contributed by atoms with E-state index in [0.29, 0.717) is 18.3 Å². The highest BCUT2D eigenvalue weighted by molar-refractivity contribution is 5.88. The topological polar surface area (TPSA) is 76.7 Å². The van der Waals surface area contributed by atoms with E-state index in [1.807, 2.05) is 18.2 Å². The SMILES string of the molecule is CCCNCc1nnc(-c2cccc3nccnc23)o1. The Balaban J connectivity index is 1.91. The summed E-state index contributed by atoms with van der Waals surface area (Å²) in [6.07, 6.45) is 4.39. The summed E-state index contributed by atoms with van der Waals surface area (Å²) in [5, 5.41) is 11.4. The van der Waals surface area contributed by atoms with E-state index < -0.39 is 0 Å². The molecule has 0 radical (unpaired) electrons. The molecule has 3 rings (SSSR count). The van der Waals surface area contributed by atoms with Crippen LogP contribution in [0.2, 0.25) is 0 Å². The van der Waals surface area contributed by atoms with Crippen LogP contribution < -0.4 is 5.32 Å². The van der Waals surface area contributed by atoms with Gasteiger partial charge in [-0.3, -0.25) is 9.97 Å². The summed E-state index contributed by atoms with van der Waals surface area (Å²) in [6.45, 7) is 3.62. The van der Waals surface area contributed by atoms with E-state index in [2.05, 4.69) is 32.4 Å². The summed E-state index contributed by atoms with van der Waals surface area (Å²) in [4.78, 5) is 8.61. The second kappa shape index (κ2) is 5.75. The largest absolute Gasteiger partial charge is 0.419 e. The van der Waals surface area contributed by atoms with Crippen molar-refractivity contribution in [3.8, 4) is 11.5 Å². The molecule has 2 aromatic heterocycles. The van der Waals surface area contributed by atoms with Crippen LogP contribution in [-0.2, 0) is 6.54 Å². The Labute approximate surface area is 116 Å². The standard InChI is InChI=1S/C14H15N5O/c1-2-6-15-9-12-18-19-14(20-12)10-4-3-5-11-13(10)17-8-7-16-11/h3-5,7-8,15H,2,6,9H2,1H3. The lowest BCUT2D eigenvalue weighted by atomic mass is 10.2. The van der Waals surface area contributed by atoms with Crippen molar-refractivity contribution in [1.82, 2.24) is 25.5 Å². The molecule has 2 heterocycles. The highest BCUT2D eigenvalue weighted by atomic mass is 16.4. The first-order valence-corrected chi connectivity index (χ1v) is 6.61. The fourth-order valence-corrected chi connectivity index (χ4v) is 1.97. The maximum Gasteiger partial charge on any atom is 0.250 e. The Bertz CT molecular complexity index is 704. The number of hydrogen-bond acceptors (Lipinski definition) is 6. The Hall–Kier alpha value is -2.34. The van der Waals surface area contributed by atoms with Gasteiger partial charge in [0.2, 0.25) is 11.8 Å². The minimum atomic E-state index is 0.476. The molecule has 0 unspecified atom stereocenters. The summed E-state index contributed by atoms with van der Waals surface area (Å²) >= 11 is 0. The normalized spacial score (nSPS) is 11.1. The Morgan fingerprint density at radius 2 is 2.05 bits per heavy atom. The third-order valence-corrected chi connectivity index (χ3v) is 2.90. The number of aromatic nitrogens is 4. The van der Waals surface area contributed by atoms with Crippen LogP contribution in [0.4, 0.5) is 0 Å². The highest BCUT2D eigenvalue weighted by Crippen LogP contribution is 2.24. The van der Waals surface area contributed by atoms with Crippen LogP contribution in [0.15, 0.2) is 35.0 Å². The van der Waals surface area contributed by atoms with Gasteiger partial charge in [0.1, 0.15) is 5.52 Å². The molecule has 0 aliphatic heterocycles. The quantitative estimate of drug-likeness (QED) is 0.715. The average molecular weight is 269 g/mol. The van der Waals surface area contributed by atoms with Crippen molar-refractivity contribution in [2.45, 2.75) is 19.9 Å². The molecule has 0 aliphatic carbocycles. The Morgan fingerprint density at radius 3 is 2.95 bits per heavy atom. The van der Waals surface area contributed by atoms with Gasteiger partial charge in [0, 0.05) is 12.4 Å². The first-order chi connectivity index (χ1) is 9.88. The van der Waals surface area contributed by atoms with E-state index in [9.17, 15) is 0 Å². The number of nitrogens with one attached hydrogen (secondary N) is 1. The molecule has 102 valence electrons. The molecule has 0 bridgehead atoms. The van der Waals surface area contributed by atoms with Gasteiger partial charge in [-0.05, 0) is 25.1 Å². The van der Waals surface area contributed by atoms with Crippen molar-refractivity contribution in [2.75, 3.05) is 6.54 Å². The van der Waals surface area contributed by atoms with Gasteiger partial charge in [-0.25, -0.2) is 0 Å². The van der Waals surface area contributed by atoms with E-state index in [0.717, 1.165) is 29.6 Å². The zero-order chi connectivity index (χ0) is 13.8. The van der Waals surface area contributed by atoms with Gasteiger partial charge in [-0.2, -0.15) is 0 Å². The van der Waals surface area contributed by atoms with E-state index in [4.69, 9.17) is 4.42 Å². The molecule has 0 aliphatic rings. The number of para-hydroxylation sites is 1. The molecule has 0 saturated carbocycles. The predicted molar refractivity (Wildman–Crippen MR) is 74.8 cm³/mol. The van der Waals surface area contributed by atoms with Gasteiger partial charge in [-0.15, -0.1) is 10.2 Å². The number of fused-ring (bicyclic) bond motifs is 1. The van der Waals surface area contributed by atoms with Gasteiger partial charge < -0.3 is 9.73 Å². The second-order valence-electron chi connectivity index (χ2n) is 4.41. The van der Waals surface area contributed by atoms with Crippen molar-refractivity contribution in [3.05, 3.63) is 36.5 Å². The number of nitrogens with zero attached hydrogens (tertiary/aromatic N) is 4. The van der Waals surface area contributed by atoms with E-state index in [1.54, 1.807) is 12.4 Å². The van der Waals surface area contributed by atoms with Crippen molar-refractivity contribution in [3.63, 3.8) is 0 Å². The van der Waals surface area contributed by atoms with Crippen molar-refractivity contribution in [2.24, 2.45) is 0 Å². The summed E-state index contributed by atoms with van der Waals surface area (Å²) in [7, 11) is 0. The third kappa shape index (κ3) is 2.50. The van der Waals surface area contributed by atoms with E-state index in [1.165, 1.54) is 0 Å². The number of rotatable bonds is 5. The maximum atomic E-state index is 5.67. The van der Waals surface area contributed by atoms with Crippen molar-refractivity contribution < 1.29 is 4.42 Å². The van der Waals surface area contributed by atoms with Crippen LogP contribution in [0.3, 0.4) is 0 Å². The molecular formula is C14H15N5O.